The summed E-state index contributed by atoms with van der Waals surface area (Å²) >= 11 is 0. The third-order valence-electron chi connectivity index (χ3n) is 2.52. The first kappa shape index (κ1) is 12.4. The van der Waals surface area contributed by atoms with Crippen LogP contribution in [0.15, 0.2) is 30.3 Å². The van der Waals surface area contributed by atoms with Crippen LogP contribution >= 0.6 is 0 Å². The lowest BCUT2D eigenvalue weighted by Gasteiger charge is -2.17. The second-order valence-corrected chi connectivity index (χ2v) is 3.53. The summed E-state index contributed by atoms with van der Waals surface area (Å²) in [5.74, 6) is -0.212. The summed E-state index contributed by atoms with van der Waals surface area (Å²) in [6, 6.07) is 8.92. The highest BCUT2D eigenvalue weighted by Crippen LogP contribution is 2.05. The number of rotatable bonds is 5. The zero-order chi connectivity index (χ0) is 12.0. The Hall–Kier alpha value is -1.64. The smallest absolute Gasteiger partial charge is 0.230 e. The van der Waals surface area contributed by atoms with Gasteiger partial charge >= 0.3 is 0 Å². The molecule has 0 heterocycles. The van der Waals surface area contributed by atoms with Gasteiger partial charge < -0.3 is 4.90 Å². The Morgan fingerprint density at radius 2 is 1.62 bits per heavy atom. The number of carbonyl (C=O) groups excluding carboxylic acids is 2. The minimum atomic E-state index is -0.113. The predicted octanol–water partition coefficient (Wildman–Crippen LogP) is 2.13. The predicted molar refractivity (Wildman–Crippen MR) is 63.3 cm³/mol. The molecule has 1 aromatic carbocycles. The van der Waals surface area contributed by atoms with Crippen LogP contribution in [0.5, 0.6) is 0 Å². The molecule has 1 amide bonds. The Morgan fingerprint density at radius 3 is 2.12 bits per heavy atom. The summed E-state index contributed by atoms with van der Waals surface area (Å²) in [5, 5.41) is 0. The number of ketones is 1. The first-order valence-electron chi connectivity index (χ1n) is 5.55. The number of hydrogen-bond donors (Lipinski definition) is 0. The number of benzene rings is 1. The van der Waals surface area contributed by atoms with Crippen LogP contribution in [0.3, 0.4) is 0 Å². The van der Waals surface area contributed by atoms with Crippen LogP contribution in [0.4, 0.5) is 0 Å². The van der Waals surface area contributed by atoms with Crippen molar-refractivity contribution in [1.82, 2.24) is 4.90 Å². The van der Waals surface area contributed by atoms with E-state index in [0.717, 1.165) is 0 Å². The zero-order valence-electron chi connectivity index (χ0n) is 9.77. The van der Waals surface area contributed by atoms with E-state index >= 15 is 0 Å². The van der Waals surface area contributed by atoms with Crippen molar-refractivity contribution >= 4 is 11.7 Å². The molecule has 0 aliphatic rings. The van der Waals surface area contributed by atoms with Crippen LogP contribution in [0.2, 0.25) is 0 Å². The number of carbonyl (C=O) groups is 2. The SMILES string of the molecule is CCN(CC)C(=O)CC(=O)c1ccccc1. The summed E-state index contributed by atoms with van der Waals surface area (Å²) in [7, 11) is 0. The molecule has 0 aromatic heterocycles. The lowest BCUT2D eigenvalue weighted by Crippen LogP contribution is -2.31. The molecule has 0 radical (unpaired) electrons. The highest BCUT2D eigenvalue weighted by molar-refractivity contribution is 6.07. The van der Waals surface area contributed by atoms with Crippen molar-refractivity contribution in [3.8, 4) is 0 Å². The molecule has 0 fully saturated rings. The van der Waals surface area contributed by atoms with Crippen molar-refractivity contribution in [2.24, 2.45) is 0 Å². The average molecular weight is 219 g/mol. The molecule has 0 unspecified atom stereocenters. The maximum Gasteiger partial charge on any atom is 0.230 e. The van der Waals surface area contributed by atoms with E-state index in [4.69, 9.17) is 0 Å². The molecule has 0 spiro atoms. The standard InChI is InChI=1S/C13H17NO2/c1-3-14(4-2)13(16)10-12(15)11-8-6-5-7-9-11/h5-9H,3-4,10H2,1-2H3. The quantitative estimate of drug-likeness (QED) is 0.562. The lowest BCUT2D eigenvalue weighted by atomic mass is 10.1. The van der Waals surface area contributed by atoms with E-state index in [1.54, 1.807) is 29.2 Å². The van der Waals surface area contributed by atoms with Gasteiger partial charge in [0, 0.05) is 18.7 Å². The van der Waals surface area contributed by atoms with Crippen LogP contribution in [-0.4, -0.2) is 29.7 Å². The van der Waals surface area contributed by atoms with E-state index in [1.807, 2.05) is 19.9 Å². The Kier molecular flexibility index (Phi) is 4.70. The zero-order valence-corrected chi connectivity index (χ0v) is 9.77. The van der Waals surface area contributed by atoms with E-state index in [1.165, 1.54) is 0 Å². The second kappa shape index (κ2) is 6.05. The van der Waals surface area contributed by atoms with Crippen molar-refractivity contribution in [2.75, 3.05) is 13.1 Å². The molecule has 16 heavy (non-hydrogen) atoms. The lowest BCUT2D eigenvalue weighted by molar-refractivity contribution is -0.129. The Bertz CT molecular complexity index is 355. The summed E-state index contributed by atoms with van der Waals surface area (Å²) in [6.45, 7) is 5.12. The Labute approximate surface area is 96.1 Å². The fourth-order valence-electron chi connectivity index (χ4n) is 1.55. The number of amides is 1. The summed E-state index contributed by atoms with van der Waals surface area (Å²) in [4.78, 5) is 25.1. The summed E-state index contributed by atoms with van der Waals surface area (Å²) < 4.78 is 0. The first-order valence-corrected chi connectivity index (χ1v) is 5.55. The molecule has 0 N–H and O–H groups in total. The molecule has 3 nitrogen and oxygen atoms in total. The van der Waals surface area contributed by atoms with E-state index in [0.29, 0.717) is 18.7 Å². The fraction of sp³-hybridized carbons (Fsp3) is 0.385. The van der Waals surface area contributed by atoms with Crippen molar-refractivity contribution < 1.29 is 9.59 Å². The molecule has 0 saturated heterocycles. The summed E-state index contributed by atoms with van der Waals surface area (Å²) in [6.07, 6.45) is -0.0360. The van der Waals surface area contributed by atoms with Gasteiger partial charge in [-0.3, -0.25) is 9.59 Å². The monoisotopic (exact) mass is 219 g/mol. The number of nitrogens with zero attached hydrogens (tertiary/aromatic N) is 1. The third-order valence-corrected chi connectivity index (χ3v) is 2.52. The Balaban J connectivity index is 2.62. The van der Waals surface area contributed by atoms with Crippen LogP contribution in [0, 0.1) is 0 Å². The third kappa shape index (κ3) is 3.19. The van der Waals surface area contributed by atoms with E-state index < -0.39 is 0 Å². The van der Waals surface area contributed by atoms with Gasteiger partial charge in [-0.25, -0.2) is 0 Å². The molecule has 3 heteroatoms. The van der Waals surface area contributed by atoms with Gasteiger partial charge in [0.15, 0.2) is 5.78 Å². The largest absolute Gasteiger partial charge is 0.343 e. The molecule has 0 bridgehead atoms. The minimum absolute atomic E-state index is 0.0360. The van der Waals surface area contributed by atoms with E-state index in [9.17, 15) is 9.59 Å². The van der Waals surface area contributed by atoms with Gasteiger partial charge in [0.25, 0.3) is 0 Å². The van der Waals surface area contributed by atoms with Crippen LogP contribution in [0.1, 0.15) is 30.6 Å². The number of Topliss-reactive ketones (excluding diaryl/α,β-unsaturated/α-hetero) is 1. The van der Waals surface area contributed by atoms with Crippen molar-refractivity contribution in [3.05, 3.63) is 35.9 Å². The highest BCUT2D eigenvalue weighted by Gasteiger charge is 2.15. The van der Waals surface area contributed by atoms with Gasteiger partial charge in [0.1, 0.15) is 0 Å². The molecule has 86 valence electrons. The van der Waals surface area contributed by atoms with Crippen LogP contribution < -0.4 is 0 Å². The minimum Gasteiger partial charge on any atom is -0.343 e. The van der Waals surface area contributed by atoms with Gasteiger partial charge in [-0.05, 0) is 13.8 Å². The number of hydrogen-bond acceptors (Lipinski definition) is 2. The van der Waals surface area contributed by atoms with Crippen LogP contribution in [0.25, 0.3) is 0 Å². The topological polar surface area (TPSA) is 37.4 Å². The van der Waals surface area contributed by atoms with E-state index in [-0.39, 0.29) is 18.1 Å². The van der Waals surface area contributed by atoms with Crippen molar-refractivity contribution in [1.29, 1.82) is 0 Å². The maximum atomic E-state index is 11.7. The van der Waals surface area contributed by atoms with Crippen LogP contribution in [-0.2, 0) is 4.79 Å². The molecule has 0 saturated carbocycles. The van der Waals surface area contributed by atoms with Gasteiger partial charge in [0.2, 0.25) is 5.91 Å². The molecule has 1 aromatic rings. The van der Waals surface area contributed by atoms with Crippen molar-refractivity contribution in [2.45, 2.75) is 20.3 Å². The van der Waals surface area contributed by atoms with Gasteiger partial charge in [-0.2, -0.15) is 0 Å². The van der Waals surface area contributed by atoms with Gasteiger partial charge in [-0.1, -0.05) is 30.3 Å². The highest BCUT2D eigenvalue weighted by atomic mass is 16.2. The van der Waals surface area contributed by atoms with Gasteiger partial charge in [0.05, 0.1) is 6.42 Å². The maximum absolute atomic E-state index is 11.7. The van der Waals surface area contributed by atoms with Crippen molar-refractivity contribution in [3.63, 3.8) is 0 Å². The molecular weight excluding hydrogens is 202 g/mol. The molecule has 1 rings (SSSR count). The average Bonchev–Trinajstić information content (AvgIpc) is 2.31. The van der Waals surface area contributed by atoms with E-state index in [2.05, 4.69) is 0 Å². The molecular formula is C13H17NO2. The first-order chi connectivity index (χ1) is 7.69. The molecule has 0 aliphatic carbocycles. The summed E-state index contributed by atoms with van der Waals surface area (Å²) in [5.41, 5.74) is 0.600. The Morgan fingerprint density at radius 1 is 1.06 bits per heavy atom. The van der Waals surface area contributed by atoms with Gasteiger partial charge in [-0.15, -0.1) is 0 Å². The normalized spacial score (nSPS) is 9.88. The second-order valence-electron chi connectivity index (χ2n) is 3.53. The molecule has 0 atom stereocenters. The fourth-order valence-corrected chi connectivity index (χ4v) is 1.55. The molecule has 0 aliphatic heterocycles.